The van der Waals surface area contributed by atoms with Crippen LogP contribution in [0.15, 0.2) is 17.3 Å². The first-order chi connectivity index (χ1) is 8.41. The van der Waals surface area contributed by atoms with Gasteiger partial charge in [0.25, 0.3) is 0 Å². The molecule has 18 heavy (non-hydrogen) atoms. The molecule has 0 saturated carbocycles. The lowest BCUT2D eigenvalue weighted by Gasteiger charge is -2.18. The fourth-order valence-corrected chi connectivity index (χ4v) is 2.78. The van der Waals surface area contributed by atoms with Crippen LogP contribution >= 0.6 is 0 Å². The van der Waals surface area contributed by atoms with Crippen molar-refractivity contribution in [2.75, 3.05) is 19.7 Å². The van der Waals surface area contributed by atoms with Crippen molar-refractivity contribution < 1.29 is 17.9 Å². The summed E-state index contributed by atoms with van der Waals surface area (Å²) in [5.41, 5.74) is 0. The van der Waals surface area contributed by atoms with Gasteiger partial charge in [-0.1, -0.05) is 6.92 Å². The average molecular weight is 275 g/mol. The first-order valence-corrected chi connectivity index (χ1v) is 7.00. The maximum absolute atomic E-state index is 12.2. The average Bonchev–Trinajstić information content (AvgIpc) is 2.73. The van der Waals surface area contributed by atoms with Gasteiger partial charge in [0.05, 0.1) is 12.8 Å². The minimum Gasteiger partial charge on any atom is -0.465 e. The smallest absolute Gasteiger partial charge is 0.321 e. The first-order valence-electron chi connectivity index (χ1n) is 5.56. The summed E-state index contributed by atoms with van der Waals surface area (Å²) in [5, 5.41) is 3.81. The summed E-state index contributed by atoms with van der Waals surface area (Å²) in [4.78, 5) is 11.4. The van der Waals surface area contributed by atoms with Crippen molar-refractivity contribution in [3.8, 4) is 0 Å². The van der Waals surface area contributed by atoms with E-state index in [0.717, 1.165) is 4.31 Å². The second-order valence-electron chi connectivity index (χ2n) is 3.59. The largest absolute Gasteiger partial charge is 0.465 e. The summed E-state index contributed by atoms with van der Waals surface area (Å²) in [6.07, 6.45) is 2.65. The minimum atomic E-state index is -3.69. The number of ether oxygens (including phenoxy) is 1. The highest BCUT2D eigenvalue weighted by molar-refractivity contribution is 7.89. The molecule has 0 aliphatic heterocycles. The lowest BCUT2D eigenvalue weighted by atomic mass is 10.6. The molecule has 8 heteroatoms. The molecule has 1 heterocycles. The van der Waals surface area contributed by atoms with Crippen LogP contribution in [0.1, 0.15) is 13.8 Å². The molecule has 102 valence electrons. The van der Waals surface area contributed by atoms with Crippen LogP contribution in [0.5, 0.6) is 0 Å². The van der Waals surface area contributed by atoms with Gasteiger partial charge in [-0.15, -0.1) is 0 Å². The van der Waals surface area contributed by atoms with Crippen molar-refractivity contribution in [2.24, 2.45) is 7.05 Å². The number of rotatable bonds is 6. The number of hydrogen-bond donors (Lipinski definition) is 0. The van der Waals surface area contributed by atoms with Gasteiger partial charge >= 0.3 is 5.97 Å². The summed E-state index contributed by atoms with van der Waals surface area (Å²) in [6.45, 7) is 3.46. The van der Waals surface area contributed by atoms with Crippen molar-refractivity contribution >= 4 is 16.0 Å². The lowest BCUT2D eigenvalue weighted by Crippen LogP contribution is -2.36. The molecule has 0 unspecified atom stereocenters. The van der Waals surface area contributed by atoms with Crippen LogP contribution < -0.4 is 0 Å². The van der Waals surface area contributed by atoms with Gasteiger partial charge in [-0.05, 0) is 6.92 Å². The zero-order valence-corrected chi connectivity index (χ0v) is 11.5. The Hall–Kier alpha value is -1.41. The molecule has 0 aromatic carbocycles. The number of nitrogens with zero attached hydrogens (tertiary/aromatic N) is 3. The number of hydrogen-bond acceptors (Lipinski definition) is 5. The van der Waals surface area contributed by atoms with Crippen LogP contribution in [0.3, 0.4) is 0 Å². The number of esters is 1. The standard InChI is InChI=1S/C10H17N3O4S/c1-4-13(8-10(14)17-5-2)18(15,16)9-6-11-12(3)7-9/h6-7H,4-5,8H2,1-3H3. The Bertz CT molecular complexity index is 509. The van der Waals surface area contributed by atoms with Crippen LogP contribution in [-0.4, -0.2) is 48.2 Å². The van der Waals surface area contributed by atoms with E-state index < -0.39 is 16.0 Å². The molecule has 1 rings (SSSR count). The second kappa shape index (κ2) is 5.96. The van der Waals surface area contributed by atoms with Crippen molar-refractivity contribution in [3.63, 3.8) is 0 Å². The van der Waals surface area contributed by atoms with E-state index in [1.165, 1.54) is 17.1 Å². The third-order valence-electron chi connectivity index (χ3n) is 2.28. The normalized spacial score (nSPS) is 11.8. The molecule has 1 aromatic heterocycles. The second-order valence-corrected chi connectivity index (χ2v) is 5.52. The van der Waals surface area contributed by atoms with Gasteiger partial charge < -0.3 is 4.74 Å². The van der Waals surface area contributed by atoms with Crippen molar-refractivity contribution in [1.82, 2.24) is 14.1 Å². The summed E-state index contributed by atoms with van der Waals surface area (Å²) >= 11 is 0. The number of likely N-dealkylation sites (N-methyl/N-ethyl adjacent to an activating group) is 1. The molecule has 0 aliphatic carbocycles. The zero-order chi connectivity index (χ0) is 13.8. The molecule has 1 aromatic rings. The molecule has 0 N–H and O–H groups in total. The Morgan fingerprint density at radius 3 is 2.61 bits per heavy atom. The van der Waals surface area contributed by atoms with Gasteiger partial charge in [0.2, 0.25) is 10.0 Å². The third kappa shape index (κ3) is 3.30. The Labute approximate surface area is 106 Å². The summed E-state index contributed by atoms with van der Waals surface area (Å²) in [6, 6.07) is 0. The topological polar surface area (TPSA) is 81.5 Å². The molecule has 0 atom stereocenters. The fraction of sp³-hybridized carbons (Fsp3) is 0.600. The van der Waals surface area contributed by atoms with E-state index >= 15 is 0 Å². The molecular weight excluding hydrogens is 258 g/mol. The number of aryl methyl sites for hydroxylation is 1. The molecular formula is C10H17N3O4S. The zero-order valence-electron chi connectivity index (χ0n) is 10.7. The first kappa shape index (κ1) is 14.7. The van der Waals surface area contributed by atoms with E-state index in [2.05, 4.69) is 5.10 Å². The molecule has 0 amide bonds. The molecule has 0 bridgehead atoms. The van der Waals surface area contributed by atoms with Crippen LogP contribution in [0.4, 0.5) is 0 Å². The van der Waals surface area contributed by atoms with Gasteiger partial charge in [-0.2, -0.15) is 9.40 Å². The van der Waals surface area contributed by atoms with Crippen LogP contribution in [-0.2, 0) is 26.6 Å². The van der Waals surface area contributed by atoms with E-state index in [9.17, 15) is 13.2 Å². The maximum atomic E-state index is 12.2. The van der Waals surface area contributed by atoms with Crippen LogP contribution in [0.2, 0.25) is 0 Å². The van der Waals surface area contributed by atoms with Crippen LogP contribution in [0.25, 0.3) is 0 Å². The van der Waals surface area contributed by atoms with Crippen molar-refractivity contribution in [2.45, 2.75) is 18.7 Å². The lowest BCUT2D eigenvalue weighted by molar-refractivity contribution is -0.143. The Kier molecular flexibility index (Phi) is 4.85. The number of sulfonamides is 1. The Balaban J connectivity index is 2.90. The van der Waals surface area contributed by atoms with Gasteiger partial charge in [-0.25, -0.2) is 8.42 Å². The summed E-state index contributed by atoms with van der Waals surface area (Å²) in [5.74, 6) is -0.563. The number of aromatic nitrogens is 2. The third-order valence-corrected chi connectivity index (χ3v) is 4.16. The molecule has 0 fully saturated rings. The number of carbonyl (C=O) groups excluding carboxylic acids is 1. The monoisotopic (exact) mass is 275 g/mol. The van der Waals surface area contributed by atoms with E-state index in [4.69, 9.17) is 4.74 Å². The quantitative estimate of drug-likeness (QED) is 0.682. The van der Waals surface area contributed by atoms with Gasteiger partial charge in [-0.3, -0.25) is 9.48 Å². The van der Waals surface area contributed by atoms with Gasteiger partial charge in [0.1, 0.15) is 11.4 Å². The summed E-state index contributed by atoms with van der Waals surface area (Å²) < 4.78 is 31.6. The highest BCUT2D eigenvalue weighted by Crippen LogP contribution is 2.14. The van der Waals surface area contributed by atoms with Crippen LogP contribution in [0, 0.1) is 0 Å². The van der Waals surface area contributed by atoms with Gasteiger partial charge in [0.15, 0.2) is 0 Å². The fourth-order valence-electron chi connectivity index (χ4n) is 1.40. The minimum absolute atomic E-state index is 0.0659. The number of carbonyl (C=O) groups is 1. The predicted octanol–water partition coefficient (Wildman–Crippen LogP) is -0.00620. The molecule has 7 nitrogen and oxygen atoms in total. The van der Waals surface area contributed by atoms with Crippen molar-refractivity contribution in [1.29, 1.82) is 0 Å². The highest BCUT2D eigenvalue weighted by atomic mass is 32.2. The van der Waals surface area contributed by atoms with E-state index in [0.29, 0.717) is 0 Å². The van der Waals surface area contributed by atoms with Gasteiger partial charge in [0, 0.05) is 19.8 Å². The molecule has 0 aliphatic rings. The Morgan fingerprint density at radius 1 is 1.50 bits per heavy atom. The van der Waals surface area contributed by atoms with E-state index in [1.807, 2.05) is 0 Å². The Morgan fingerprint density at radius 2 is 2.17 bits per heavy atom. The molecule has 0 radical (unpaired) electrons. The summed E-state index contributed by atoms with van der Waals surface area (Å²) in [7, 11) is -2.07. The predicted molar refractivity (Wildman–Crippen MR) is 64.3 cm³/mol. The SMILES string of the molecule is CCOC(=O)CN(CC)S(=O)(=O)c1cnn(C)c1. The molecule has 0 spiro atoms. The van der Waals surface area contributed by atoms with E-state index in [1.54, 1.807) is 20.9 Å². The maximum Gasteiger partial charge on any atom is 0.321 e. The van der Waals surface area contributed by atoms with E-state index in [-0.39, 0.29) is 24.6 Å². The highest BCUT2D eigenvalue weighted by Gasteiger charge is 2.26. The molecule has 0 saturated heterocycles. The van der Waals surface area contributed by atoms with Crippen molar-refractivity contribution in [3.05, 3.63) is 12.4 Å².